The summed E-state index contributed by atoms with van der Waals surface area (Å²) >= 11 is 0. The fourth-order valence-electron chi connectivity index (χ4n) is 2.75. The van der Waals surface area contributed by atoms with Gasteiger partial charge in [-0.15, -0.1) is 0 Å². The van der Waals surface area contributed by atoms with Crippen LogP contribution in [0.2, 0.25) is 0 Å². The lowest BCUT2D eigenvalue weighted by atomic mass is 9.95. The maximum absolute atomic E-state index is 8.95. The number of hydrogen-bond acceptors (Lipinski definition) is 3. The summed E-state index contributed by atoms with van der Waals surface area (Å²) in [5.41, 5.74) is 0. The number of aliphatic hydroxyl groups excluding tert-OH is 1. The molecule has 0 aliphatic carbocycles. The fraction of sp³-hybridized carbons (Fsp3) is 1.00. The number of piperazine rings is 1. The van der Waals surface area contributed by atoms with Gasteiger partial charge < -0.3 is 14.9 Å². The molecule has 0 aromatic carbocycles. The molecule has 0 bridgehead atoms. The van der Waals surface area contributed by atoms with Crippen LogP contribution in [-0.4, -0.2) is 61.3 Å². The minimum atomic E-state index is 0.361. The van der Waals surface area contributed by atoms with E-state index < -0.39 is 0 Å². The van der Waals surface area contributed by atoms with Gasteiger partial charge >= 0.3 is 0 Å². The smallest absolute Gasteiger partial charge is 0.0433 e. The van der Waals surface area contributed by atoms with E-state index in [2.05, 4.69) is 23.8 Å². The molecule has 0 radical (unpaired) electrons. The highest BCUT2D eigenvalue weighted by Gasteiger charge is 2.12. The average molecular weight is 256 g/mol. The summed E-state index contributed by atoms with van der Waals surface area (Å²) in [6.07, 6.45) is 7.56. The Hall–Kier alpha value is -0.120. The van der Waals surface area contributed by atoms with E-state index in [0.717, 1.165) is 12.3 Å². The van der Waals surface area contributed by atoms with Crippen molar-refractivity contribution in [3.05, 3.63) is 0 Å². The molecule has 3 nitrogen and oxygen atoms in total. The molecule has 1 N–H and O–H groups in total. The number of nitrogens with zero attached hydrogens (tertiary/aromatic N) is 2. The molecule has 1 aliphatic heterocycles. The first-order valence-corrected chi connectivity index (χ1v) is 7.78. The van der Waals surface area contributed by atoms with Gasteiger partial charge in [-0.3, -0.25) is 0 Å². The quantitative estimate of drug-likeness (QED) is 0.641. The molecule has 0 aromatic rings. The molecule has 1 aliphatic rings. The average Bonchev–Trinajstić information content (AvgIpc) is 2.39. The van der Waals surface area contributed by atoms with Crippen molar-refractivity contribution in [2.45, 2.75) is 45.4 Å². The van der Waals surface area contributed by atoms with Crippen LogP contribution in [0.15, 0.2) is 0 Å². The Balaban J connectivity index is 1.94. The van der Waals surface area contributed by atoms with Crippen LogP contribution in [0.25, 0.3) is 0 Å². The summed E-state index contributed by atoms with van der Waals surface area (Å²) in [5.74, 6) is 0.749. The van der Waals surface area contributed by atoms with Gasteiger partial charge in [-0.1, -0.05) is 32.6 Å². The van der Waals surface area contributed by atoms with E-state index in [1.165, 1.54) is 64.8 Å². The van der Waals surface area contributed by atoms with Crippen LogP contribution in [0.1, 0.15) is 45.4 Å². The lowest BCUT2D eigenvalue weighted by Crippen LogP contribution is -2.44. The van der Waals surface area contributed by atoms with Crippen molar-refractivity contribution in [1.29, 1.82) is 0 Å². The molecule has 0 amide bonds. The molecule has 18 heavy (non-hydrogen) atoms. The Kier molecular flexibility index (Phi) is 8.64. The first kappa shape index (κ1) is 15.9. The Labute approximate surface area is 113 Å². The maximum atomic E-state index is 8.95. The topological polar surface area (TPSA) is 26.7 Å². The molecule has 1 rings (SSSR count). The Morgan fingerprint density at radius 1 is 1.00 bits per heavy atom. The van der Waals surface area contributed by atoms with E-state index in [1.807, 2.05) is 0 Å². The molecule has 0 aromatic heterocycles. The van der Waals surface area contributed by atoms with Gasteiger partial charge in [0.05, 0.1) is 0 Å². The fourth-order valence-corrected chi connectivity index (χ4v) is 2.75. The predicted molar refractivity (Wildman–Crippen MR) is 77.9 cm³/mol. The molecule has 108 valence electrons. The molecular weight excluding hydrogens is 224 g/mol. The SMILES string of the molecule is CC[C@H](CCO)CCCCCN1CCN(C)CC1. The Morgan fingerprint density at radius 3 is 2.33 bits per heavy atom. The van der Waals surface area contributed by atoms with Gasteiger partial charge in [0.25, 0.3) is 0 Å². The zero-order chi connectivity index (χ0) is 13.2. The number of rotatable bonds is 9. The Morgan fingerprint density at radius 2 is 1.72 bits per heavy atom. The van der Waals surface area contributed by atoms with Gasteiger partial charge in [-0.05, 0) is 32.4 Å². The number of unbranched alkanes of at least 4 members (excludes halogenated alkanes) is 2. The third kappa shape index (κ3) is 6.72. The van der Waals surface area contributed by atoms with Crippen LogP contribution >= 0.6 is 0 Å². The molecule has 3 heteroatoms. The van der Waals surface area contributed by atoms with Gasteiger partial charge in [0.2, 0.25) is 0 Å². The van der Waals surface area contributed by atoms with E-state index >= 15 is 0 Å². The highest BCUT2D eigenvalue weighted by molar-refractivity contribution is 4.69. The van der Waals surface area contributed by atoms with Crippen molar-refractivity contribution >= 4 is 0 Å². The standard InChI is InChI=1S/C15H32N2O/c1-3-15(8-14-18)7-5-4-6-9-17-12-10-16(2)11-13-17/h15,18H,3-14H2,1-2H3/t15-/m0/s1. The molecule has 1 saturated heterocycles. The summed E-state index contributed by atoms with van der Waals surface area (Å²) < 4.78 is 0. The van der Waals surface area contributed by atoms with Crippen molar-refractivity contribution in [3.8, 4) is 0 Å². The monoisotopic (exact) mass is 256 g/mol. The van der Waals surface area contributed by atoms with Gasteiger partial charge in [0.1, 0.15) is 0 Å². The van der Waals surface area contributed by atoms with Crippen molar-refractivity contribution in [2.75, 3.05) is 46.4 Å². The second kappa shape index (κ2) is 9.76. The zero-order valence-electron chi connectivity index (χ0n) is 12.4. The minimum Gasteiger partial charge on any atom is -0.396 e. The van der Waals surface area contributed by atoms with Gasteiger partial charge in [-0.25, -0.2) is 0 Å². The van der Waals surface area contributed by atoms with Crippen molar-refractivity contribution in [2.24, 2.45) is 5.92 Å². The molecule has 1 heterocycles. The van der Waals surface area contributed by atoms with Gasteiger partial charge in [0.15, 0.2) is 0 Å². The molecule has 1 atom stereocenters. The summed E-state index contributed by atoms with van der Waals surface area (Å²) in [5, 5.41) is 8.95. The lowest BCUT2D eigenvalue weighted by molar-refractivity contribution is 0.151. The zero-order valence-corrected chi connectivity index (χ0v) is 12.4. The van der Waals surface area contributed by atoms with Crippen LogP contribution in [-0.2, 0) is 0 Å². The third-order valence-electron chi connectivity index (χ3n) is 4.30. The molecule has 0 saturated carbocycles. The van der Waals surface area contributed by atoms with E-state index in [1.54, 1.807) is 0 Å². The first-order chi connectivity index (χ1) is 8.76. The third-order valence-corrected chi connectivity index (χ3v) is 4.30. The van der Waals surface area contributed by atoms with Gasteiger partial charge in [0, 0.05) is 32.8 Å². The largest absolute Gasteiger partial charge is 0.396 e. The van der Waals surface area contributed by atoms with E-state index in [4.69, 9.17) is 5.11 Å². The summed E-state index contributed by atoms with van der Waals surface area (Å²) in [6.45, 7) is 8.84. The van der Waals surface area contributed by atoms with Crippen LogP contribution in [0.3, 0.4) is 0 Å². The van der Waals surface area contributed by atoms with E-state index in [9.17, 15) is 0 Å². The number of hydrogen-bond donors (Lipinski definition) is 1. The highest BCUT2D eigenvalue weighted by Crippen LogP contribution is 2.17. The number of aliphatic hydroxyl groups is 1. The molecule has 1 fully saturated rings. The second-order valence-corrected chi connectivity index (χ2v) is 5.78. The van der Waals surface area contributed by atoms with E-state index in [-0.39, 0.29) is 0 Å². The predicted octanol–water partition coefficient (Wildman–Crippen LogP) is 2.20. The molecular formula is C15H32N2O. The molecule has 0 spiro atoms. The van der Waals surface area contributed by atoms with Crippen LogP contribution < -0.4 is 0 Å². The maximum Gasteiger partial charge on any atom is 0.0433 e. The number of likely N-dealkylation sites (N-methyl/N-ethyl adjacent to an activating group) is 1. The van der Waals surface area contributed by atoms with Crippen molar-refractivity contribution < 1.29 is 5.11 Å². The van der Waals surface area contributed by atoms with Crippen molar-refractivity contribution in [1.82, 2.24) is 9.80 Å². The van der Waals surface area contributed by atoms with Gasteiger partial charge in [-0.2, -0.15) is 0 Å². The highest BCUT2D eigenvalue weighted by atomic mass is 16.3. The summed E-state index contributed by atoms with van der Waals surface area (Å²) in [7, 11) is 2.21. The normalized spacial score (nSPS) is 20.2. The van der Waals surface area contributed by atoms with Crippen molar-refractivity contribution in [3.63, 3.8) is 0 Å². The van der Waals surface area contributed by atoms with Crippen LogP contribution in [0.4, 0.5) is 0 Å². The second-order valence-electron chi connectivity index (χ2n) is 5.78. The Bertz CT molecular complexity index is 191. The molecule has 0 unspecified atom stereocenters. The van der Waals surface area contributed by atoms with Crippen LogP contribution in [0, 0.1) is 5.92 Å². The van der Waals surface area contributed by atoms with E-state index in [0.29, 0.717) is 6.61 Å². The summed E-state index contributed by atoms with van der Waals surface area (Å²) in [6, 6.07) is 0. The first-order valence-electron chi connectivity index (χ1n) is 7.78. The summed E-state index contributed by atoms with van der Waals surface area (Å²) in [4.78, 5) is 5.02. The van der Waals surface area contributed by atoms with Crippen LogP contribution in [0.5, 0.6) is 0 Å². The lowest BCUT2D eigenvalue weighted by Gasteiger charge is -2.32. The minimum absolute atomic E-state index is 0.361.